The van der Waals surface area contributed by atoms with E-state index in [4.69, 9.17) is 9.84 Å². The summed E-state index contributed by atoms with van der Waals surface area (Å²) < 4.78 is 4.77. The van der Waals surface area contributed by atoms with E-state index in [1.165, 1.54) is 7.11 Å². The maximum atomic E-state index is 12.0. The van der Waals surface area contributed by atoms with Crippen LogP contribution in [0, 0.1) is 11.8 Å². The van der Waals surface area contributed by atoms with E-state index in [-0.39, 0.29) is 12.0 Å². The molecule has 1 amide bonds. The van der Waals surface area contributed by atoms with Crippen molar-refractivity contribution in [3.8, 4) is 6.01 Å². The van der Waals surface area contributed by atoms with Crippen LogP contribution in [-0.2, 0) is 9.59 Å². The van der Waals surface area contributed by atoms with Crippen LogP contribution in [0.25, 0.3) is 0 Å². The predicted octanol–water partition coefficient (Wildman–Crippen LogP) is 0.419. The molecule has 0 fully saturated rings. The van der Waals surface area contributed by atoms with Crippen LogP contribution < -0.4 is 10.1 Å². The topological polar surface area (TPSA) is 117 Å². The van der Waals surface area contributed by atoms with Crippen molar-refractivity contribution in [3.05, 3.63) is 12.2 Å². The van der Waals surface area contributed by atoms with Crippen LogP contribution in [0.1, 0.15) is 12.8 Å². The number of rotatable bonds is 4. The lowest BCUT2D eigenvalue weighted by Gasteiger charge is -2.23. The Bertz CT molecular complexity index is 511. The number of ether oxygens (including phenoxy) is 1. The highest BCUT2D eigenvalue weighted by atomic mass is 16.5. The quantitative estimate of drug-likeness (QED) is 0.680. The number of carbonyl (C=O) groups excluding carboxylic acids is 1. The van der Waals surface area contributed by atoms with E-state index >= 15 is 0 Å². The molecule has 0 spiro atoms. The fourth-order valence-corrected chi connectivity index (χ4v) is 1.98. The summed E-state index contributed by atoms with van der Waals surface area (Å²) >= 11 is 0. The molecule has 3 N–H and O–H groups in total. The minimum atomic E-state index is -0.973. The minimum Gasteiger partial charge on any atom is -0.481 e. The highest BCUT2D eigenvalue weighted by molar-refractivity contribution is 5.94. The van der Waals surface area contributed by atoms with Gasteiger partial charge in [0.05, 0.1) is 18.9 Å². The van der Waals surface area contributed by atoms with Gasteiger partial charge in [0.25, 0.3) is 0 Å². The van der Waals surface area contributed by atoms with E-state index in [2.05, 4.69) is 20.5 Å². The van der Waals surface area contributed by atoms with E-state index in [1.54, 1.807) is 6.08 Å². The van der Waals surface area contributed by atoms with Gasteiger partial charge in [-0.2, -0.15) is 4.98 Å². The summed E-state index contributed by atoms with van der Waals surface area (Å²) in [4.78, 5) is 27.0. The van der Waals surface area contributed by atoms with Gasteiger partial charge in [-0.25, -0.2) is 5.10 Å². The Morgan fingerprint density at radius 1 is 1.42 bits per heavy atom. The fraction of sp³-hybridized carbons (Fsp3) is 0.455. The summed E-state index contributed by atoms with van der Waals surface area (Å²) in [6.07, 6.45) is 4.34. The van der Waals surface area contributed by atoms with Crippen LogP contribution in [0.15, 0.2) is 12.2 Å². The first-order chi connectivity index (χ1) is 9.11. The number of H-pyrrole nitrogens is 1. The molecule has 0 saturated carbocycles. The third kappa shape index (κ3) is 2.90. The number of aromatic amines is 1. The lowest BCUT2D eigenvalue weighted by atomic mass is 9.82. The Labute approximate surface area is 108 Å². The first-order valence-corrected chi connectivity index (χ1v) is 5.77. The molecule has 0 aliphatic heterocycles. The molecule has 1 aliphatic rings. The molecule has 8 heteroatoms. The summed E-state index contributed by atoms with van der Waals surface area (Å²) in [6, 6.07) is 0.105. The normalized spacial score (nSPS) is 21.9. The Kier molecular flexibility index (Phi) is 3.79. The number of hydrogen-bond donors (Lipinski definition) is 3. The zero-order valence-electron chi connectivity index (χ0n) is 10.3. The Balaban J connectivity index is 2.05. The molecule has 1 aliphatic carbocycles. The zero-order valence-corrected chi connectivity index (χ0v) is 10.3. The van der Waals surface area contributed by atoms with Gasteiger partial charge in [-0.3, -0.25) is 14.9 Å². The number of carbonyl (C=O) groups is 2. The highest BCUT2D eigenvalue weighted by Crippen LogP contribution is 2.26. The van der Waals surface area contributed by atoms with Gasteiger partial charge in [-0.1, -0.05) is 12.2 Å². The molecule has 0 saturated heterocycles. The van der Waals surface area contributed by atoms with Crippen LogP contribution in [0.5, 0.6) is 6.01 Å². The van der Waals surface area contributed by atoms with Gasteiger partial charge in [0, 0.05) is 0 Å². The van der Waals surface area contributed by atoms with Gasteiger partial charge in [-0.05, 0) is 12.8 Å². The number of anilines is 1. The van der Waals surface area contributed by atoms with E-state index in [0.717, 1.165) is 0 Å². The molecule has 0 unspecified atom stereocenters. The van der Waals surface area contributed by atoms with Crippen LogP contribution >= 0.6 is 0 Å². The molecule has 102 valence electrons. The van der Waals surface area contributed by atoms with Gasteiger partial charge in [-0.15, -0.1) is 5.10 Å². The van der Waals surface area contributed by atoms with Crippen molar-refractivity contribution in [1.29, 1.82) is 0 Å². The first kappa shape index (κ1) is 13.1. The second-order valence-corrected chi connectivity index (χ2v) is 4.15. The summed E-state index contributed by atoms with van der Waals surface area (Å²) in [6.45, 7) is 0. The van der Waals surface area contributed by atoms with E-state index < -0.39 is 23.7 Å². The maximum Gasteiger partial charge on any atom is 0.336 e. The maximum absolute atomic E-state index is 12.0. The van der Waals surface area contributed by atoms with Crippen LogP contribution in [-0.4, -0.2) is 39.3 Å². The van der Waals surface area contributed by atoms with Gasteiger partial charge in [0.15, 0.2) is 0 Å². The number of carboxylic acid groups (broad SMARTS) is 1. The van der Waals surface area contributed by atoms with E-state index in [9.17, 15) is 9.59 Å². The third-order valence-corrected chi connectivity index (χ3v) is 2.98. The first-order valence-electron chi connectivity index (χ1n) is 5.77. The Morgan fingerprint density at radius 3 is 2.68 bits per heavy atom. The Morgan fingerprint density at radius 2 is 2.11 bits per heavy atom. The fourth-order valence-electron chi connectivity index (χ4n) is 1.98. The second-order valence-electron chi connectivity index (χ2n) is 4.15. The molecule has 1 aromatic rings. The van der Waals surface area contributed by atoms with Crippen molar-refractivity contribution in [2.75, 3.05) is 12.4 Å². The number of carboxylic acids is 1. The van der Waals surface area contributed by atoms with Gasteiger partial charge < -0.3 is 9.84 Å². The standard InChI is InChI=1S/C11H14N4O4/c1-19-11-13-10(14-15-11)12-8(16)6-4-2-3-5-7(6)9(17)18/h2-3,6-7H,4-5H2,1H3,(H,17,18)(H2,12,13,14,15,16)/t6-,7+/m1/s1. The van der Waals surface area contributed by atoms with E-state index in [1.807, 2.05) is 6.08 Å². The summed E-state index contributed by atoms with van der Waals surface area (Å²) in [5, 5.41) is 17.8. The monoisotopic (exact) mass is 266 g/mol. The van der Waals surface area contributed by atoms with Gasteiger partial charge in [0.1, 0.15) is 0 Å². The summed E-state index contributed by atoms with van der Waals surface area (Å²) in [7, 11) is 1.40. The van der Waals surface area contributed by atoms with Crippen molar-refractivity contribution in [3.63, 3.8) is 0 Å². The number of aromatic nitrogens is 3. The van der Waals surface area contributed by atoms with Crippen molar-refractivity contribution in [2.24, 2.45) is 11.8 Å². The number of nitrogens with zero attached hydrogens (tertiary/aromatic N) is 2. The Hall–Kier alpha value is -2.38. The smallest absolute Gasteiger partial charge is 0.336 e. The lowest BCUT2D eigenvalue weighted by molar-refractivity contribution is -0.146. The van der Waals surface area contributed by atoms with Crippen LogP contribution in [0.2, 0.25) is 0 Å². The number of hydrogen-bond acceptors (Lipinski definition) is 5. The molecule has 2 atom stereocenters. The van der Waals surface area contributed by atoms with Crippen molar-refractivity contribution in [1.82, 2.24) is 15.2 Å². The molecular formula is C11H14N4O4. The van der Waals surface area contributed by atoms with Crippen molar-refractivity contribution < 1.29 is 19.4 Å². The van der Waals surface area contributed by atoms with Crippen LogP contribution in [0.3, 0.4) is 0 Å². The zero-order chi connectivity index (χ0) is 13.8. The molecule has 8 nitrogen and oxygen atoms in total. The van der Waals surface area contributed by atoms with Gasteiger partial charge in [0.2, 0.25) is 11.9 Å². The molecule has 2 rings (SSSR count). The largest absolute Gasteiger partial charge is 0.481 e. The number of aliphatic carboxylic acids is 1. The summed E-state index contributed by atoms with van der Waals surface area (Å²) in [5.74, 6) is -2.55. The number of nitrogens with one attached hydrogen (secondary N) is 2. The predicted molar refractivity (Wildman–Crippen MR) is 64.6 cm³/mol. The molecule has 1 heterocycles. The molecule has 0 aromatic carbocycles. The molecular weight excluding hydrogens is 252 g/mol. The molecule has 0 bridgehead atoms. The number of methoxy groups -OCH3 is 1. The lowest BCUT2D eigenvalue weighted by Crippen LogP contribution is -2.35. The minimum absolute atomic E-state index is 0.105. The molecule has 1 aromatic heterocycles. The SMILES string of the molecule is COc1n[nH]c(NC(=O)[C@@H]2CC=CC[C@@H]2C(=O)O)n1. The van der Waals surface area contributed by atoms with Crippen molar-refractivity contribution >= 4 is 17.8 Å². The molecule has 19 heavy (non-hydrogen) atoms. The molecule has 0 radical (unpaired) electrons. The second kappa shape index (κ2) is 5.51. The number of allylic oxidation sites excluding steroid dienone is 2. The van der Waals surface area contributed by atoms with E-state index in [0.29, 0.717) is 12.8 Å². The van der Waals surface area contributed by atoms with Crippen LogP contribution in [0.4, 0.5) is 5.95 Å². The number of amides is 1. The third-order valence-electron chi connectivity index (χ3n) is 2.98. The summed E-state index contributed by atoms with van der Waals surface area (Å²) in [5.41, 5.74) is 0. The van der Waals surface area contributed by atoms with Crippen molar-refractivity contribution in [2.45, 2.75) is 12.8 Å². The average molecular weight is 266 g/mol. The average Bonchev–Trinajstić information content (AvgIpc) is 2.86. The highest BCUT2D eigenvalue weighted by Gasteiger charge is 2.34. The van der Waals surface area contributed by atoms with Gasteiger partial charge >= 0.3 is 12.0 Å².